The highest BCUT2D eigenvalue weighted by Gasteiger charge is 2.33. The second kappa shape index (κ2) is 4.13. The van der Waals surface area contributed by atoms with E-state index < -0.39 is 17.8 Å². The molecule has 1 rings (SSSR count). The topological polar surface area (TPSA) is 45.9 Å². The molecule has 0 spiro atoms. The Balaban J connectivity index is 3.18. The molecule has 0 amide bonds. The van der Waals surface area contributed by atoms with Crippen LogP contribution in [0, 0.1) is 11.3 Å². The second-order valence-electron chi connectivity index (χ2n) is 2.27. The van der Waals surface area contributed by atoms with Crippen molar-refractivity contribution in [1.29, 1.82) is 5.26 Å². The van der Waals surface area contributed by atoms with Gasteiger partial charge in [0.25, 0.3) is 0 Å². The highest BCUT2D eigenvalue weighted by molar-refractivity contribution is 6.41. The fourth-order valence-electron chi connectivity index (χ4n) is 0.718. The predicted octanol–water partition coefficient (Wildman–Crippen LogP) is 3.16. The molecule has 1 heterocycles. The molecular weight excluding hydrogens is 256 g/mol. The Hall–Kier alpha value is -1.19. The maximum absolute atomic E-state index is 11.8. The Bertz CT molecular complexity index is 427. The van der Waals surface area contributed by atoms with Crippen molar-refractivity contribution in [2.45, 2.75) is 6.36 Å². The largest absolute Gasteiger partial charge is 0.574 e. The van der Waals surface area contributed by atoms with Crippen LogP contribution in [0.15, 0.2) is 6.07 Å². The third-order valence-corrected chi connectivity index (χ3v) is 1.90. The van der Waals surface area contributed by atoms with Crippen molar-refractivity contribution >= 4 is 23.2 Å². The minimum atomic E-state index is -4.93. The molecule has 0 aliphatic carbocycles. The first-order valence-corrected chi connectivity index (χ1v) is 4.11. The third kappa shape index (κ3) is 3.15. The number of hydrogen-bond acceptors (Lipinski definition) is 3. The molecule has 0 atom stereocenters. The molecule has 0 aromatic carbocycles. The Morgan fingerprint density at radius 1 is 1.40 bits per heavy atom. The molecule has 0 bridgehead atoms. The van der Waals surface area contributed by atoms with E-state index >= 15 is 0 Å². The summed E-state index contributed by atoms with van der Waals surface area (Å²) < 4.78 is 39.0. The molecule has 3 nitrogen and oxygen atoms in total. The molecule has 0 aliphatic rings. The maximum atomic E-state index is 11.8. The molecule has 1 aromatic heterocycles. The summed E-state index contributed by atoms with van der Waals surface area (Å²) in [5.74, 6) is -0.917. The van der Waals surface area contributed by atoms with Crippen LogP contribution in [-0.4, -0.2) is 11.3 Å². The van der Waals surface area contributed by atoms with Crippen molar-refractivity contribution in [3.63, 3.8) is 0 Å². The average molecular weight is 257 g/mol. The summed E-state index contributed by atoms with van der Waals surface area (Å²) in [7, 11) is 0. The minimum absolute atomic E-state index is 0.122. The van der Waals surface area contributed by atoms with Crippen molar-refractivity contribution in [3.8, 4) is 11.9 Å². The van der Waals surface area contributed by atoms with Crippen molar-refractivity contribution in [2.75, 3.05) is 0 Å². The number of aromatic nitrogens is 1. The van der Waals surface area contributed by atoms with E-state index in [-0.39, 0.29) is 10.2 Å². The molecule has 0 saturated carbocycles. The number of nitriles is 1. The predicted molar refractivity (Wildman–Crippen MR) is 45.7 cm³/mol. The summed E-state index contributed by atoms with van der Waals surface area (Å²) >= 11 is 10.8. The molecule has 1 aromatic rings. The molecule has 0 aliphatic heterocycles. The standard InChI is InChI=1S/C7HCl2F3N2O/c8-4-1-3(2-13)6(14-5(4)9)15-7(10,11)12/h1H. The lowest BCUT2D eigenvalue weighted by Crippen LogP contribution is -2.18. The van der Waals surface area contributed by atoms with E-state index in [0.717, 1.165) is 6.07 Å². The van der Waals surface area contributed by atoms with E-state index in [1.54, 1.807) is 0 Å². The zero-order chi connectivity index (χ0) is 11.6. The normalized spacial score (nSPS) is 10.9. The maximum Gasteiger partial charge on any atom is 0.574 e. The molecular formula is C7HCl2F3N2O. The van der Waals surface area contributed by atoms with Crippen LogP contribution < -0.4 is 4.74 Å². The van der Waals surface area contributed by atoms with Gasteiger partial charge < -0.3 is 4.74 Å². The zero-order valence-electron chi connectivity index (χ0n) is 6.77. The summed E-state index contributed by atoms with van der Waals surface area (Å²) in [5.41, 5.74) is -0.443. The summed E-state index contributed by atoms with van der Waals surface area (Å²) in [4.78, 5) is 3.20. The number of hydrogen-bond donors (Lipinski definition) is 0. The van der Waals surface area contributed by atoms with Crippen molar-refractivity contribution in [2.24, 2.45) is 0 Å². The fourth-order valence-corrected chi connectivity index (χ4v) is 1.00. The SMILES string of the molecule is N#Cc1cc(Cl)c(Cl)nc1OC(F)(F)F. The Morgan fingerprint density at radius 2 is 2.00 bits per heavy atom. The van der Waals surface area contributed by atoms with Gasteiger partial charge in [0.15, 0.2) is 5.15 Å². The molecule has 8 heteroatoms. The van der Waals surface area contributed by atoms with Gasteiger partial charge in [0, 0.05) is 0 Å². The van der Waals surface area contributed by atoms with Crippen LogP contribution >= 0.6 is 23.2 Å². The third-order valence-electron chi connectivity index (χ3n) is 1.23. The van der Waals surface area contributed by atoms with E-state index in [1.165, 1.54) is 6.07 Å². The van der Waals surface area contributed by atoms with Gasteiger partial charge in [-0.3, -0.25) is 0 Å². The van der Waals surface area contributed by atoms with Crippen molar-refractivity contribution in [1.82, 2.24) is 4.98 Å². The number of alkyl halides is 3. The Labute approximate surface area is 92.0 Å². The van der Waals surface area contributed by atoms with Crippen LogP contribution in [0.5, 0.6) is 5.88 Å². The summed E-state index contributed by atoms with van der Waals surface area (Å²) in [5, 5.41) is 8.00. The Kier molecular flexibility index (Phi) is 3.27. The van der Waals surface area contributed by atoms with Crippen LogP contribution in [0.3, 0.4) is 0 Å². The van der Waals surface area contributed by atoms with E-state index in [2.05, 4.69) is 9.72 Å². The van der Waals surface area contributed by atoms with Gasteiger partial charge in [-0.25, -0.2) is 0 Å². The molecule has 0 fully saturated rings. The van der Waals surface area contributed by atoms with Gasteiger partial charge >= 0.3 is 6.36 Å². The van der Waals surface area contributed by atoms with Crippen LogP contribution in [0.25, 0.3) is 0 Å². The first-order valence-electron chi connectivity index (χ1n) is 3.35. The molecule has 80 valence electrons. The van der Waals surface area contributed by atoms with Crippen molar-refractivity contribution in [3.05, 3.63) is 21.8 Å². The highest BCUT2D eigenvalue weighted by atomic mass is 35.5. The number of rotatable bonds is 1. The van der Waals surface area contributed by atoms with Crippen LogP contribution in [0.4, 0.5) is 13.2 Å². The first-order chi connectivity index (χ1) is 6.83. The Morgan fingerprint density at radius 3 is 2.47 bits per heavy atom. The molecule has 0 N–H and O–H groups in total. The van der Waals surface area contributed by atoms with E-state index in [9.17, 15) is 13.2 Å². The summed E-state index contributed by atoms with van der Waals surface area (Å²) in [6, 6.07) is 2.40. The fraction of sp³-hybridized carbons (Fsp3) is 0.143. The average Bonchev–Trinajstić information content (AvgIpc) is 2.08. The lowest BCUT2D eigenvalue weighted by atomic mass is 10.3. The van der Waals surface area contributed by atoms with E-state index in [4.69, 9.17) is 28.5 Å². The second-order valence-corrected chi connectivity index (χ2v) is 3.04. The molecule has 15 heavy (non-hydrogen) atoms. The van der Waals surface area contributed by atoms with Crippen LogP contribution in [-0.2, 0) is 0 Å². The minimum Gasteiger partial charge on any atom is -0.386 e. The number of pyridine rings is 1. The van der Waals surface area contributed by atoms with Gasteiger partial charge in [-0.2, -0.15) is 10.2 Å². The monoisotopic (exact) mass is 256 g/mol. The van der Waals surface area contributed by atoms with Gasteiger partial charge in [0.1, 0.15) is 11.6 Å². The van der Waals surface area contributed by atoms with Gasteiger partial charge in [0.2, 0.25) is 5.88 Å². The van der Waals surface area contributed by atoms with E-state index in [1.807, 2.05) is 0 Å². The van der Waals surface area contributed by atoms with Crippen LogP contribution in [0.1, 0.15) is 5.56 Å². The lowest BCUT2D eigenvalue weighted by Gasteiger charge is -2.09. The number of halogens is 5. The summed E-state index contributed by atoms with van der Waals surface area (Å²) in [6.45, 7) is 0. The molecule has 0 radical (unpaired) electrons. The smallest absolute Gasteiger partial charge is 0.386 e. The lowest BCUT2D eigenvalue weighted by molar-refractivity contribution is -0.276. The van der Waals surface area contributed by atoms with Gasteiger partial charge in [-0.1, -0.05) is 23.2 Å². The summed E-state index contributed by atoms with van der Waals surface area (Å²) in [6.07, 6.45) is -4.93. The quantitative estimate of drug-likeness (QED) is 0.726. The highest BCUT2D eigenvalue weighted by Crippen LogP contribution is 2.29. The van der Waals surface area contributed by atoms with Crippen LogP contribution in [0.2, 0.25) is 10.2 Å². The molecule has 0 unspecified atom stereocenters. The van der Waals surface area contributed by atoms with Crippen molar-refractivity contribution < 1.29 is 17.9 Å². The first kappa shape index (κ1) is 11.9. The van der Waals surface area contributed by atoms with Gasteiger partial charge in [-0.05, 0) is 6.07 Å². The van der Waals surface area contributed by atoms with Gasteiger partial charge in [-0.15, -0.1) is 13.2 Å². The zero-order valence-corrected chi connectivity index (χ0v) is 8.28. The number of ether oxygens (including phenoxy) is 1. The molecule has 0 saturated heterocycles. The van der Waals surface area contributed by atoms with E-state index in [0.29, 0.717) is 0 Å². The van der Waals surface area contributed by atoms with Gasteiger partial charge in [0.05, 0.1) is 5.02 Å². The number of nitrogens with zero attached hydrogens (tertiary/aromatic N) is 2.